The minimum absolute atomic E-state index is 0.228. The van der Waals surface area contributed by atoms with Crippen LogP contribution in [0, 0.1) is 17.2 Å². The number of nitriles is 1. The van der Waals surface area contributed by atoms with Crippen LogP contribution in [0.3, 0.4) is 0 Å². The number of carbonyl (C=O) groups excluding carboxylic acids is 1. The molecule has 5 heteroatoms. The molecule has 0 bridgehead atoms. The molecule has 3 rings (SSSR count). The molecule has 122 valence electrons. The Morgan fingerprint density at radius 1 is 1.21 bits per heavy atom. The molecular formula is C19H16ClNO3. The van der Waals surface area contributed by atoms with Crippen LogP contribution in [0.15, 0.2) is 60.7 Å². The standard InChI is InChI=1S/C19H16ClNO3/c20-11-16-13-23-19(24-16,15-9-5-2-6-10-15)17(12-21)18(22)14-7-3-1-4-8-14/h1-10,16-17H,11,13H2. The predicted octanol–water partition coefficient (Wildman–Crippen LogP) is 3.52. The number of hydrogen-bond acceptors (Lipinski definition) is 4. The highest BCUT2D eigenvalue weighted by atomic mass is 35.5. The van der Waals surface area contributed by atoms with Crippen molar-refractivity contribution in [2.45, 2.75) is 11.9 Å². The summed E-state index contributed by atoms with van der Waals surface area (Å²) in [6.45, 7) is 0.235. The van der Waals surface area contributed by atoms with E-state index in [1.807, 2.05) is 24.3 Å². The molecule has 3 atom stereocenters. The third-order valence-corrected chi connectivity index (χ3v) is 4.35. The van der Waals surface area contributed by atoms with Gasteiger partial charge in [0.15, 0.2) is 11.7 Å². The maximum Gasteiger partial charge on any atom is 0.219 e. The van der Waals surface area contributed by atoms with E-state index in [9.17, 15) is 10.1 Å². The Balaban J connectivity index is 2.05. The molecule has 0 aliphatic carbocycles. The minimum atomic E-state index is -1.44. The third kappa shape index (κ3) is 2.94. The first kappa shape index (κ1) is 16.7. The van der Waals surface area contributed by atoms with Crippen molar-refractivity contribution < 1.29 is 14.3 Å². The average molecular weight is 342 g/mol. The average Bonchev–Trinajstić information content (AvgIpc) is 3.09. The normalized spacial score (nSPS) is 24.2. The molecule has 1 fully saturated rings. The fraction of sp³-hybridized carbons (Fsp3) is 0.263. The van der Waals surface area contributed by atoms with Crippen molar-refractivity contribution in [3.63, 3.8) is 0 Å². The summed E-state index contributed by atoms with van der Waals surface area (Å²) in [5.41, 5.74) is 1.08. The van der Waals surface area contributed by atoms with Gasteiger partial charge in [-0.25, -0.2) is 0 Å². The summed E-state index contributed by atoms with van der Waals surface area (Å²) >= 11 is 5.89. The molecule has 2 aromatic rings. The molecular weight excluding hydrogens is 326 g/mol. The predicted molar refractivity (Wildman–Crippen MR) is 89.5 cm³/mol. The van der Waals surface area contributed by atoms with Crippen LogP contribution in [0.2, 0.25) is 0 Å². The quantitative estimate of drug-likeness (QED) is 0.616. The molecule has 1 saturated heterocycles. The van der Waals surface area contributed by atoms with E-state index in [0.717, 1.165) is 0 Å². The lowest BCUT2D eigenvalue weighted by Gasteiger charge is -2.31. The zero-order chi connectivity index (χ0) is 17.0. The number of nitrogens with zero attached hydrogens (tertiary/aromatic N) is 1. The van der Waals surface area contributed by atoms with Crippen molar-refractivity contribution in [2.75, 3.05) is 12.5 Å². The summed E-state index contributed by atoms with van der Waals surface area (Å²) in [4.78, 5) is 12.9. The van der Waals surface area contributed by atoms with Crippen LogP contribution < -0.4 is 0 Å². The molecule has 1 aliphatic rings. The van der Waals surface area contributed by atoms with E-state index in [2.05, 4.69) is 6.07 Å². The molecule has 0 spiro atoms. The van der Waals surface area contributed by atoms with Crippen LogP contribution >= 0.6 is 11.6 Å². The van der Waals surface area contributed by atoms with E-state index in [4.69, 9.17) is 21.1 Å². The first-order valence-electron chi connectivity index (χ1n) is 7.63. The fourth-order valence-electron chi connectivity index (χ4n) is 2.83. The summed E-state index contributed by atoms with van der Waals surface area (Å²) in [6, 6.07) is 19.8. The molecule has 0 radical (unpaired) electrons. The molecule has 2 aromatic carbocycles. The number of alkyl halides is 1. The lowest BCUT2D eigenvalue weighted by Crippen LogP contribution is -2.41. The van der Waals surface area contributed by atoms with Crippen LogP contribution in [-0.4, -0.2) is 24.4 Å². The highest BCUT2D eigenvalue weighted by Crippen LogP contribution is 2.42. The molecule has 0 aromatic heterocycles. The van der Waals surface area contributed by atoms with Crippen molar-refractivity contribution >= 4 is 17.4 Å². The van der Waals surface area contributed by atoms with E-state index >= 15 is 0 Å². The van der Waals surface area contributed by atoms with E-state index < -0.39 is 11.7 Å². The number of carbonyl (C=O) groups is 1. The zero-order valence-corrected chi connectivity index (χ0v) is 13.6. The monoisotopic (exact) mass is 341 g/mol. The maximum absolute atomic E-state index is 12.9. The Hall–Kier alpha value is -2.19. The SMILES string of the molecule is N#CC(C(=O)c1ccccc1)C1(c2ccccc2)OCC(CCl)O1. The second-order valence-electron chi connectivity index (χ2n) is 5.53. The summed E-state index contributed by atoms with van der Waals surface area (Å²) in [5.74, 6) is -2.68. The van der Waals surface area contributed by atoms with Crippen LogP contribution in [0.4, 0.5) is 0 Å². The third-order valence-electron chi connectivity index (χ3n) is 4.00. The van der Waals surface area contributed by atoms with Crippen molar-refractivity contribution in [2.24, 2.45) is 5.92 Å². The van der Waals surface area contributed by atoms with Gasteiger partial charge in [0, 0.05) is 11.1 Å². The highest BCUT2D eigenvalue weighted by Gasteiger charge is 2.52. The van der Waals surface area contributed by atoms with Gasteiger partial charge in [0.1, 0.15) is 0 Å². The van der Waals surface area contributed by atoms with Gasteiger partial charge in [-0.3, -0.25) is 4.79 Å². The van der Waals surface area contributed by atoms with Crippen molar-refractivity contribution in [3.05, 3.63) is 71.8 Å². The van der Waals surface area contributed by atoms with Crippen molar-refractivity contribution in [3.8, 4) is 6.07 Å². The lowest BCUT2D eigenvalue weighted by atomic mass is 9.86. The van der Waals surface area contributed by atoms with Gasteiger partial charge < -0.3 is 9.47 Å². The molecule has 1 aliphatic heterocycles. The van der Waals surface area contributed by atoms with Crippen LogP contribution in [0.25, 0.3) is 0 Å². The molecule has 3 unspecified atom stereocenters. The maximum atomic E-state index is 12.9. The summed E-state index contributed by atoms with van der Waals surface area (Å²) < 4.78 is 11.9. The largest absolute Gasteiger partial charge is 0.342 e. The van der Waals surface area contributed by atoms with Gasteiger partial charge in [0.25, 0.3) is 0 Å². The Bertz CT molecular complexity index is 744. The number of rotatable bonds is 5. The molecule has 0 amide bonds. The smallest absolute Gasteiger partial charge is 0.219 e. The van der Waals surface area contributed by atoms with Crippen LogP contribution in [-0.2, 0) is 15.3 Å². The van der Waals surface area contributed by atoms with Crippen LogP contribution in [0.1, 0.15) is 15.9 Å². The number of ketones is 1. The minimum Gasteiger partial charge on any atom is -0.342 e. The van der Waals surface area contributed by atoms with E-state index in [1.165, 1.54) is 0 Å². The molecule has 4 nitrogen and oxygen atoms in total. The van der Waals surface area contributed by atoms with Gasteiger partial charge in [-0.2, -0.15) is 5.26 Å². The number of ether oxygens (including phenoxy) is 2. The van der Waals surface area contributed by atoms with Gasteiger partial charge in [-0.15, -0.1) is 11.6 Å². The van der Waals surface area contributed by atoms with E-state index in [-0.39, 0.29) is 24.4 Å². The molecule has 0 saturated carbocycles. The zero-order valence-electron chi connectivity index (χ0n) is 12.9. The fourth-order valence-corrected chi connectivity index (χ4v) is 2.99. The first-order chi connectivity index (χ1) is 11.7. The molecule has 0 N–H and O–H groups in total. The van der Waals surface area contributed by atoms with Gasteiger partial charge in [0.2, 0.25) is 5.79 Å². The lowest BCUT2D eigenvalue weighted by molar-refractivity contribution is -0.189. The second kappa shape index (κ2) is 7.14. The van der Waals surface area contributed by atoms with Gasteiger partial charge in [-0.1, -0.05) is 60.7 Å². The van der Waals surface area contributed by atoms with E-state index in [0.29, 0.717) is 11.1 Å². The number of benzene rings is 2. The van der Waals surface area contributed by atoms with Gasteiger partial charge in [0.05, 0.1) is 24.7 Å². The highest BCUT2D eigenvalue weighted by molar-refractivity contribution is 6.18. The topological polar surface area (TPSA) is 59.3 Å². The summed E-state index contributed by atoms with van der Waals surface area (Å²) in [5, 5.41) is 9.74. The van der Waals surface area contributed by atoms with E-state index in [1.54, 1.807) is 36.4 Å². The second-order valence-corrected chi connectivity index (χ2v) is 5.84. The van der Waals surface area contributed by atoms with Gasteiger partial charge in [-0.05, 0) is 0 Å². The van der Waals surface area contributed by atoms with Crippen molar-refractivity contribution in [1.82, 2.24) is 0 Å². The molecule has 1 heterocycles. The Kier molecular flexibility index (Phi) is 4.96. The number of halogens is 1. The Labute approximate surface area is 145 Å². The first-order valence-corrected chi connectivity index (χ1v) is 8.17. The molecule has 24 heavy (non-hydrogen) atoms. The Morgan fingerprint density at radius 2 is 1.83 bits per heavy atom. The van der Waals surface area contributed by atoms with Crippen molar-refractivity contribution in [1.29, 1.82) is 5.26 Å². The van der Waals surface area contributed by atoms with Crippen LogP contribution in [0.5, 0.6) is 0 Å². The number of hydrogen-bond donors (Lipinski definition) is 0. The summed E-state index contributed by atoms with van der Waals surface area (Å²) in [7, 11) is 0. The van der Waals surface area contributed by atoms with Gasteiger partial charge >= 0.3 is 0 Å². The number of Topliss-reactive ketones (excluding diaryl/α,β-unsaturated/α-hetero) is 1. The summed E-state index contributed by atoms with van der Waals surface area (Å²) in [6.07, 6.45) is -0.369. The Morgan fingerprint density at radius 3 is 2.38 bits per heavy atom.